The van der Waals surface area contributed by atoms with E-state index in [4.69, 9.17) is 0 Å². The van der Waals surface area contributed by atoms with Gasteiger partial charge in [-0.1, -0.05) is 6.92 Å². The molecule has 0 saturated heterocycles. The summed E-state index contributed by atoms with van der Waals surface area (Å²) in [6.07, 6.45) is 0.697. The smallest absolute Gasteiger partial charge is 0.254 e. The van der Waals surface area contributed by atoms with Crippen LogP contribution >= 0.6 is 0 Å². The molecule has 0 heterocycles. The van der Waals surface area contributed by atoms with Crippen molar-refractivity contribution < 1.29 is 17.6 Å². The van der Waals surface area contributed by atoms with E-state index in [9.17, 15) is 17.6 Å². The van der Waals surface area contributed by atoms with Gasteiger partial charge < -0.3 is 5.32 Å². The third-order valence-corrected chi connectivity index (χ3v) is 4.76. The van der Waals surface area contributed by atoms with Crippen molar-refractivity contribution in [2.24, 2.45) is 0 Å². The van der Waals surface area contributed by atoms with Gasteiger partial charge in [0.1, 0.15) is 5.82 Å². The lowest BCUT2D eigenvalue weighted by atomic mass is 10.1. The SMILES string of the molecule is CC[C@H](C)NC(=O)c1cc(S(=O)(=O)N(C)C)ccc1F. The molecule has 0 aliphatic carbocycles. The summed E-state index contributed by atoms with van der Waals surface area (Å²) in [5.74, 6) is -1.36. The summed E-state index contributed by atoms with van der Waals surface area (Å²) in [7, 11) is -0.952. The van der Waals surface area contributed by atoms with Gasteiger partial charge in [0.2, 0.25) is 10.0 Å². The summed E-state index contributed by atoms with van der Waals surface area (Å²) in [5, 5.41) is 2.61. The maximum Gasteiger partial charge on any atom is 0.254 e. The molecule has 1 N–H and O–H groups in total. The lowest BCUT2D eigenvalue weighted by Crippen LogP contribution is -2.32. The fraction of sp³-hybridized carbons (Fsp3) is 0.462. The lowest BCUT2D eigenvalue weighted by molar-refractivity contribution is 0.0935. The summed E-state index contributed by atoms with van der Waals surface area (Å²) < 4.78 is 38.6. The Balaban J connectivity index is 3.20. The van der Waals surface area contributed by atoms with Crippen molar-refractivity contribution in [1.29, 1.82) is 0 Å². The van der Waals surface area contributed by atoms with Crippen LogP contribution in [0.25, 0.3) is 0 Å². The minimum Gasteiger partial charge on any atom is -0.350 e. The maximum absolute atomic E-state index is 13.7. The third-order valence-electron chi connectivity index (χ3n) is 2.95. The number of carbonyl (C=O) groups is 1. The number of hydrogen-bond donors (Lipinski definition) is 1. The van der Waals surface area contributed by atoms with Gasteiger partial charge in [-0.05, 0) is 31.5 Å². The Bertz CT molecular complexity index is 600. The Morgan fingerprint density at radius 3 is 2.50 bits per heavy atom. The van der Waals surface area contributed by atoms with E-state index >= 15 is 0 Å². The molecule has 0 saturated carbocycles. The Labute approximate surface area is 118 Å². The highest BCUT2D eigenvalue weighted by Crippen LogP contribution is 2.17. The summed E-state index contributed by atoms with van der Waals surface area (Å²) in [4.78, 5) is 11.8. The molecule has 0 fully saturated rings. The van der Waals surface area contributed by atoms with E-state index in [1.807, 2.05) is 6.92 Å². The number of rotatable bonds is 5. The highest BCUT2D eigenvalue weighted by atomic mass is 32.2. The molecule has 0 aromatic heterocycles. The Kier molecular flexibility index (Phi) is 5.24. The molecule has 1 aromatic rings. The van der Waals surface area contributed by atoms with Gasteiger partial charge in [0, 0.05) is 20.1 Å². The van der Waals surface area contributed by atoms with Crippen LogP contribution in [0.1, 0.15) is 30.6 Å². The predicted molar refractivity (Wildman–Crippen MR) is 74.5 cm³/mol. The summed E-state index contributed by atoms with van der Waals surface area (Å²) in [6.45, 7) is 3.67. The van der Waals surface area contributed by atoms with E-state index < -0.39 is 21.7 Å². The Hall–Kier alpha value is -1.47. The van der Waals surface area contributed by atoms with Crippen molar-refractivity contribution in [2.75, 3.05) is 14.1 Å². The number of hydrogen-bond acceptors (Lipinski definition) is 3. The largest absolute Gasteiger partial charge is 0.350 e. The molecule has 1 atom stereocenters. The normalized spacial score (nSPS) is 13.3. The molecular weight excluding hydrogens is 283 g/mol. The van der Waals surface area contributed by atoms with Crippen molar-refractivity contribution in [2.45, 2.75) is 31.2 Å². The fourth-order valence-corrected chi connectivity index (χ4v) is 2.38. The molecule has 0 aliphatic rings. The number of carbonyl (C=O) groups excluding carboxylic acids is 1. The predicted octanol–water partition coefficient (Wildman–Crippen LogP) is 1.60. The minimum absolute atomic E-state index is 0.113. The highest BCUT2D eigenvalue weighted by Gasteiger charge is 2.21. The second kappa shape index (κ2) is 6.32. The molecule has 0 spiro atoms. The average molecular weight is 302 g/mol. The molecule has 1 aromatic carbocycles. The molecular formula is C13H19FN2O3S. The minimum atomic E-state index is -3.70. The molecule has 0 aliphatic heterocycles. The number of benzene rings is 1. The summed E-state index contributed by atoms with van der Waals surface area (Å²) >= 11 is 0. The van der Waals surface area contributed by atoms with E-state index in [0.29, 0.717) is 6.42 Å². The zero-order chi connectivity index (χ0) is 15.5. The topological polar surface area (TPSA) is 66.5 Å². The van der Waals surface area contributed by atoms with Crippen LogP contribution in [0, 0.1) is 5.82 Å². The quantitative estimate of drug-likeness (QED) is 0.898. The Morgan fingerprint density at radius 1 is 1.40 bits per heavy atom. The first kappa shape index (κ1) is 16.6. The molecule has 0 unspecified atom stereocenters. The first-order valence-corrected chi connectivity index (χ1v) is 7.67. The van der Waals surface area contributed by atoms with Gasteiger partial charge in [0.25, 0.3) is 5.91 Å². The van der Waals surface area contributed by atoms with Crippen molar-refractivity contribution in [1.82, 2.24) is 9.62 Å². The van der Waals surface area contributed by atoms with Gasteiger partial charge in [0.05, 0.1) is 10.5 Å². The fourth-order valence-electron chi connectivity index (χ4n) is 1.45. The van der Waals surface area contributed by atoms with Crippen LogP contribution < -0.4 is 5.32 Å². The van der Waals surface area contributed by atoms with E-state index in [-0.39, 0.29) is 16.5 Å². The van der Waals surface area contributed by atoms with Crippen LogP contribution in [-0.2, 0) is 10.0 Å². The molecule has 1 rings (SSSR count). The molecule has 5 nitrogen and oxygen atoms in total. The number of nitrogens with zero attached hydrogens (tertiary/aromatic N) is 1. The van der Waals surface area contributed by atoms with Gasteiger partial charge >= 0.3 is 0 Å². The average Bonchev–Trinajstić information content (AvgIpc) is 2.38. The molecule has 1 amide bonds. The monoisotopic (exact) mass is 302 g/mol. The zero-order valence-corrected chi connectivity index (χ0v) is 12.8. The Morgan fingerprint density at radius 2 is 2.00 bits per heavy atom. The van der Waals surface area contributed by atoms with E-state index in [2.05, 4.69) is 5.32 Å². The molecule has 0 bridgehead atoms. The van der Waals surface area contributed by atoms with Crippen LogP contribution in [0.15, 0.2) is 23.1 Å². The number of nitrogens with one attached hydrogen (secondary N) is 1. The van der Waals surface area contributed by atoms with E-state index in [0.717, 1.165) is 22.5 Å². The number of sulfonamides is 1. The molecule has 20 heavy (non-hydrogen) atoms. The molecule has 112 valence electrons. The van der Waals surface area contributed by atoms with Crippen molar-refractivity contribution in [3.05, 3.63) is 29.6 Å². The van der Waals surface area contributed by atoms with Crippen molar-refractivity contribution in [3.63, 3.8) is 0 Å². The van der Waals surface area contributed by atoms with E-state index in [1.165, 1.54) is 14.1 Å². The second-order valence-corrected chi connectivity index (χ2v) is 6.86. The van der Waals surface area contributed by atoms with E-state index in [1.54, 1.807) is 6.92 Å². The number of amides is 1. The lowest BCUT2D eigenvalue weighted by Gasteiger charge is -2.14. The van der Waals surface area contributed by atoms with Crippen LogP contribution in [0.3, 0.4) is 0 Å². The van der Waals surface area contributed by atoms with Crippen LogP contribution in [0.2, 0.25) is 0 Å². The van der Waals surface area contributed by atoms with Crippen LogP contribution in [0.5, 0.6) is 0 Å². The van der Waals surface area contributed by atoms with Crippen molar-refractivity contribution >= 4 is 15.9 Å². The summed E-state index contributed by atoms with van der Waals surface area (Å²) in [5.41, 5.74) is -0.270. The second-order valence-electron chi connectivity index (χ2n) is 4.71. The van der Waals surface area contributed by atoms with Crippen molar-refractivity contribution in [3.8, 4) is 0 Å². The molecule has 7 heteroatoms. The highest BCUT2D eigenvalue weighted by molar-refractivity contribution is 7.89. The van der Waals surface area contributed by atoms with Crippen LogP contribution in [0.4, 0.5) is 4.39 Å². The first-order chi connectivity index (χ1) is 9.20. The van der Waals surface area contributed by atoms with Gasteiger partial charge in [-0.15, -0.1) is 0 Å². The van der Waals surface area contributed by atoms with Gasteiger partial charge in [-0.2, -0.15) is 0 Å². The zero-order valence-electron chi connectivity index (χ0n) is 12.0. The van der Waals surface area contributed by atoms with Crippen LogP contribution in [-0.4, -0.2) is 38.8 Å². The maximum atomic E-state index is 13.7. The number of halogens is 1. The van der Waals surface area contributed by atoms with Gasteiger partial charge in [0.15, 0.2) is 0 Å². The first-order valence-electron chi connectivity index (χ1n) is 6.23. The van der Waals surface area contributed by atoms with Gasteiger partial charge in [-0.25, -0.2) is 17.1 Å². The summed E-state index contributed by atoms with van der Waals surface area (Å²) in [6, 6.07) is 3.07. The molecule has 0 radical (unpaired) electrons. The third kappa shape index (κ3) is 3.55. The van der Waals surface area contributed by atoms with Gasteiger partial charge in [-0.3, -0.25) is 4.79 Å². The standard InChI is InChI=1S/C13H19FN2O3S/c1-5-9(2)15-13(17)11-8-10(6-7-12(11)14)20(18,19)16(3)4/h6-9H,5H2,1-4H3,(H,15,17)/t9-/m0/s1.